The van der Waals surface area contributed by atoms with Crippen LogP contribution in [0.3, 0.4) is 0 Å². The monoisotopic (exact) mass is 313 g/mol. The van der Waals surface area contributed by atoms with E-state index in [1.165, 1.54) is 31.4 Å². The summed E-state index contributed by atoms with van der Waals surface area (Å²) in [5.41, 5.74) is 2.60. The second-order valence-electron chi connectivity index (χ2n) is 5.39. The minimum atomic E-state index is -0.482. The third-order valence-corrected chi connectivity index (χ3v) is 3.59. The molecule has 0 N–H and O–H groups in total. The number of allylic oxidation sites excluding steroid dienone is 1. The molecule has 2 nitrogen and oxygen atoms in total. The van der Waals surface area contributed by atoms with Gasteiger partial charge in [-0.05, 0) is 46.9 Å². The first-order valence-corrected chi connectivity index (χ1v) is 7.22. The number of ether oxygens (including phenoxy) is 1. The molecule has 118 valence electrons. The molecule has 0 amide bonds. The molecule has 0 aliphatic carbocycles. The smallest absolute Gasteiger partial charge is 0.166 e. The average molecular weight is 313 g/mol. The molecule has 0 spiro atoms. The normalized spacial score (nSPS) is 11.0. The van der Waals surface area contributed by atoms with Crippen molar-refractivity contribution in [1.82, 2.24) is 0 Å². The SMILES string of the molecule is COc1c(F)cc(C(C)C)c(/C=C/C#N)c1-c1ccc(F)cc1. The Bertz CT molecular complexity index is 771. The second kappa shape index (κ2) is 7.06. The largest absolute Gasteiger partial charge is 0.493 e. The molecule has 0 unspecified atom stereocenters. The molecule has 0 bridgehead atoms. The molecule has 0 aliphatic heterocycles. The molecule has 0 atom stereocenters. The lowest BCUT2D eigenvalue weighted by atomic mass is 9.89. The third-order valence-electron chi connectivity index (χ3n) is 3.59. The highest BCUT2D eigenvalue weighted by molar-refractivity contribution is 5.83. The van der Waals surface area contributed by atoms with Crippen LogP contribution in [0.2, 0.25) is 0 Å². The van der Waals surface area contributed by atoms with E-state index in [0.29, 0.717) is 16.7 Å². The molecule has 2 aromatic rings. The number of nitriles is 1. The van der Waals surface area contributed by atoms with Crippen LogP contribution in [0.4, 0.5) is 8.78 Å². The zero-order valence-electron chi connectivity index (χ0n) is 13.2. The Morgan fingerprint density at radius 3 is 2.35 bits per heavy atom. The Balaban J connectivity index is 2.86. The highest BCUT2D eigenvalue weighted by atomic mass is 19.1. The van der Waals surface area contributed by atoms with E-state index in [1.807, 2.05) is 19.9 Å². The van der Waals surface area contributed by atoms with E-state index >= 15 is 0 Å². The van der Waals surface area contributed by atoms with Crippen molar-refractivity contribution < 1.29 is 13.5 Å². The van der Waals surface area contributed by atoms with Gasteiger partial charge in [0.2, 0.25) is 0 Å². The van der Waals surface area contributed by atoms with E-state index in [2.05, 4.69) is 0 Å². The Labute approximate surface area is 134 Å². The predicted molar refractivity (Wildman–Crippen MR) is 87.1 cm³/mol. The minimum absolute atomic E-state index is 0.0490. The Morgan fingerprint density at radius 1 is 1.17 bits per heavy atom. The van der Waals surface area contributed by atoms with Crippen molar-refractivity contribution in [3.63, 3.8) is 0 Å². The molecule has 0 fully saturated rings. The number of benzene rings is 2. The Kier molecular flexibility index (Phi) is 5.13. The van der Waals surface area contributed by atoms with Crippen LogP contribution in [0.1, 0.15) is 30.9 Å². The maximum Gasteiger partial charge on any atom is 0.166 e. The van der Waals surface area contributed by atoms with Crippen LogP contribution in [0, 0.1) is 23.0 Å². The molecule has 0 saturated carbocycles. The summed E-state index contributed by atoms with van der Waals surface area (Å²) >= 11 is 0. The van der Waals surface area contributed by atoms with Crippen LogP contribution in [0.25, 0.3) is 17.2 Å². The van der Waals surface area contributed by atoms with Crippen molar-refractivity contribution in [2.75, 3.05) is 7.11 Å². The molecule has 0 radical (unpaired) electrons. The van der Waals surface area contributed by atoms with E-state index in [-0.39, 0.29) is 17.5 Å². The lowest BCUT2D eigenvalue weighted by Crippen LogP contribution is -2.01. The van der Waals surface area contributed by atoms with E-state index in [1.54, 1.807) is 18.2 Å². The van der Waals surface area contributed by atoms with Gasteiger partial charge in [-0.1, -0.05) is 26.0 Å². The van der Waals surface area contributed by atoms with Gasteiger partial charge in [-0.15, -0.1) is 0 Å². The molecule has 0 aromatic heterocycles. The van der Waals surface area contributed by atoms with Crippen molar-refractivity contribution in [1.29, 1.82) is 5.26 Å². The number of nitrogens with zero attached hydrogens (tertiary/aromatic N) is 1. The average Bonchev–Trinajstić information content (AvgIpc) is 2.53. The maximum atomic E-state index is 14.5. The number of hydrogen-bond acceptors (Lipinski definition) is 2. The van der Waals surface area contributed by atoms with Crippen LogP contribution in [0.15, 0.2) is 36.4 Å². The first-order valence-electron chi connectivity index (χ1n) is 7.22. The highest BCUT2D eigenvalue weighted by Gasteiger charge is 2.20. The number of methoxy groups -OCH3 is 1. The summed E-state index contributed by atoms with van der Waals surface area (Å²) < 4.78 is 32.9. The topological polar surface area (TPSA) is 33.0 Å². The molecule has 0 aliphatic rings. The first-order chi connectivity index (χ1) is 11.0. The van der Waals surface area contributed by atoms with Gasteiger partial charge in [-0.3, -0.25) is 0 Å². The van der Waals surface area contributed by atoms with Crippen molar-refractivity contribution >= 4 is 6.08 Å². The standard InChI is InChI=1S/C19H17F2NO/c1-12(2)16-11-17(21)19(23-3)18(15(16)5-4-10-22)13-6-8-14(20)9-7-13/h4-9,11-12H,1-3H3/b5-4+. The van der Waals surface area contributed by atoms with Gasteiger partial charge in [0.1, 0.15) is 5.82 Å². The van der Waals surface area contributed by atoms with Gasteiger partial charge < -0.3 is 4.74 Å². The van der Waals surface area contributed by atoms with Crippen LogP contribution >= 0.6 is 0 Å². The van der Waals surface area contributed by atoms with Crippen LogP contribution < -0.4 is 4.74 Å². The van der Waals surface area contributed by atoms with E-state index in [9.17, 15) is 8.78 Å². The summed E-state index contributed by atoms with van der Waals surface area (Å²) in [5, 5.41) is 8.84. The van der Waals surface area contributed by atoms with Gasteiger partial charge >= 0.3 is 0 Å². The van der Waals surface area contributed by atoms with Crippen molar-refractivity contribution in [2.45, 2.75) is 19.8 Å². The van der Waals surface area contributed by atoms with Crippen molar-refractivity contribution in [3.8, 4) is 22.9 Å². The van der Waals surface area contributed by atoms with Gasteiger partial charge in [0.05, 0.1) is 13.2 Å². The summed E-state index contributed by atoms with van der Waals surface area (Å²) in [6.45, 7) is 3.89. The summed E-state index contributed by atoms with van der Waals surface area (Å²) in [6.07, 6.45) is 2.97. The molecule has 0 heterocycles. The molecule has 2 aromatic carbocycles. The van der Waals surface area contributed by atoms with E-state index in [4.69, 9.17) is 10.00 Å². The predicted octanol–water partition coefficient (Wildman–Crippen LogP) is 5.30. The van der Waals surface area contributed by atoms with E-state index < -0.39 is 5.82 Å². The minimum Gasteiger partial charge on any atom is -0.493 e. The fraction of sp³-hybridized carbons (Fsp3) is 0.211. The Morgan fingerprint density at radius 2 is 1.83 bits per heavy atom. The van der Waals surface area contributed by atoms with Gasteiger partial charge in [-0.2, -0.15) is 5.26 Å². The van der Waals surface area contributed by atoms with Crippen LogP contribution in [0.5, 0.6) is 5.75 Å². The van der Waals surface area contributed by atoms with Crippen molar-refractivity contribution in [3.05, 3.63) is 59.2 Å². The van der Waals surface area contributed by atoms with Gasteiger partial charge in [0.15, 0.2) is 11.6 Å². The number of halogens is 2. The zero-order valence-corrected chi connectivity index (χ0v) is 13.2. The zero-order chi connectivity index (χ0) is 17.0. The molecular formula is C19H17F2NO. The molecule has 4 heteroatoms. The molecule has 2 rings (SSSR count). The fourth-order valence-corrected chi connectivity index (χ4v) is 2.55. The highest BCUT2D eigenvalue weighted by Crippen LogP contribution is 2.40. The molecule has 23 heavy (non-hydrogen) atoms. The fourth-order valence-electron chi connectivity index (χ4n) is 2.55. The first kappa shape index (κ1) is 16.7. The van der Waals surface area contributed by atoms with Gasteiger partial charge in [-0.25, -0.2) is 8.78 Å². The maximum absolute atomic E-state index is 14.5. The van der Waals surface area contributed by atoms with Crippen molar-refractivity contribution in [2.24, 2.45) is 0 Å². The molecule has 0 saturated heterocycles. The lowest BCUT2D eigenvalue weighted by molar-refractivity contribution is 0.387. The van der Waals surface area contributed by atoms with Crippen LogP contribution in [-0.4, -0.2) is 7.11 Å². The van der Waals surface area contributed by atoms with E-state index in [0.717, 1.165) is 5.56 Å². The van der Waals surface area contributed by atoms with Crippen LogP contribution in [-0.2, 0) is 0 Å². The number of hydrogen-bond donors (Lipinski definition) is 0. The second-order valence-corrected chi connectivity index (χ2v) is 5.39. The van der Waals surface area contributed by atoms with Gasteiger partial charge in [0, 0.05) is 11.6 Å². The molecular weight excluding hydrogens is 296 g/mol. The summed E-state index contributed by atoms with van der Waals surface area (Å²) in [6, 6.07) is 9.14. The summed E-state index contributed by atoms with van der Waals surface area (Å²) in [5.74, 6) is -0.724. The number of rotatable bonds is 4. The lowest BCUT2D eigenvalue weighted by Gasteiger charge is -2.19. The van der Waals surface area contributed by atoms with Gasteiger partial charge in [0.25, 0.3) is 0 Å². The quantitative estimate of drug-likeness (QED) is 0.717. The third kappa shape index (κ3) is 3.40. The Hall–Kier alpha value is -2.67. The summed E-state index contributed by atoms with van der Waals surface area (Å²) in [7, 11) is 1.39. The summed E-state index contributed by atoms with van der Waals surface area (Å²) in [4.78, 5) is 0.